The van der Waals surface area contributed by atoms with E-state index in [1.54, 1.807) is 12.1 Å². The molecule has 0 aliphatic carbocycles. The Bertz CT molecular complexity index is 431. The van der Waals surface area contributed by atoms with E-state index in [1.165, 1.54) is 7.11 Å². The topological polar surface area (TPSA) is 87.7 Å². The molecule has 3 N–H and O–H groups in total. The predicted octanol–water partition coefficient (Wildman–Crippen LogP) is 0.0570. The van der Waals surface area contributed by atoms with Crippen LogP contribution in [0.2, 0.25) is 0 Å². The highest BCUT2D eigenvalue weighted by Gasteiger charge is 2.18. The van der Waals surface area contributed by atoms with E-state index < -0.39 is 17.9 Å². The summed E-state index contributed by atoms with van der Waals surface area (Å²) in [5.41, 5.74) is 1.60. The lowest BCUT2D eigenvalue weighted by Gasteiger charge is -2.14. The third-order valence-corrected chi connectivity index (χ3v) is 2.44. The number of carbonyl (C=O) groups excluding carboxylic acids is 2. The average Bonchev–Trinajstić information content (AvgIpc) is 2.40. The van der Waals surface area contributed by atoms with Crippen molar-refractivity contribution in [2.45, 2.75) is 13.0 Å². The van der Waals surface area contributed by atoms with Crippen LogP contribution in [0, 0.1) is 6.92 Å². The molecule has 0 fully saturated rings. The summed E-state index contributed by atoms with van der Waals surface area (Å²) in [5, 5.41) is 13.8. The van der Waals surface area contributed by atoms with E-state index in [4.69, 9.17) is 9.84 Å². The van der Waals surface area contributed by atoms with Crippen molar-refractivity contribution in [2.75, 3.05) is 25.6 Å². The molecule has 1 unspecified atom stereocenters. The number of benzene rings is 1. The molecule has 19 heavy (non-hydrogen) atoms. The molecule has 104 valence electrons. The van der Waals surface area contributed by atoms with Gasteiger partial charge >= 0.3 is 11.8 Å². The van der Waals surface area contributed by atoms with E-state index in [0.717, 1.165) is 5.56 Å². The lowest BCUT2D eigenvalue weighted by atomic mass is 10.2. The second-order valence-electron chi connectivity index (χ2n) is 4.13. The third-order valence-electron chi connectivity index (χ3n) is 2.44. The lowest BCUT2D eigenvalue weighted by molar-refractivity contribution is -0.137. The number of ether oxygens (including phenoxy) is 1. The highest BCUT2D eigenvalue weighted by molar-refractivity contribution is 6.39. The van der Waals surface area contributed by atoms with Gasteiger partial charge in [-0.3, -0.25) is 9.59 Å². The molecule has 0 aromatic heterocycles. The summed E-state index contributed by atoms with van der Waals surface area (Å²) in [4.78, 5) is 23.2. The minimum absolute atomic E-state index is 0.139. The largest absolute Gasteiger partial charge is 0.394 e. The summed E-state index contributed by atoms with van der Waals surface area (Å²) < 4.78 is 4.80. The van der Waals surface area contributed by atoms with Crippen molar-refractivity contribution in [1.29, 1.82) is 0 Å². The second-order valence-corrected chi connectivity index (χ2v) is 4.13. The molecule has 1 atom stereocenters. The van der Waals surface area contributed by atoms with Crippen LogP contribution in [0.15, 0.2) is 24.3 Å². The molecule has 0 bridgehead atoms. The van der Waals surface area contributed by atoms with Crippen LogP contribution in [0.3, 0.4) is 0 Å². The van der Waals surface area contributed by atoms with E-state index in [1.807, 2.05) is 19.1 Å². The number of amides is 2. The highest BCUT2D eigenvalue weighted by Crippen LogP contribution is 2.08. The summed E-state index contributed by atoms with van der Waals surface area (Å²) in [5.74, 6) is -1.59. The number of hydrogen-bond donors (Lipinski definition) is 3. The summed E-state index contributed by atoms with van der Waals surface area (Å²) in [7, 11) is 1.45. The molecule has 0 aliphatic heterocycles. The molecular weight excluding hydrogens is 248 g/mol. The van der Waals surface area contributed by atoms with Gasteiger partial charge < -0.3 is 20.5 Å². The van der Waals surface area contributed by atoms with Crippen LogP contribution in [0.4, 0.5) is 5.69 Å². The number of methoxy groups -OCH3 is 1. The van der Waals surface area contributed by atoms with Crippen LogP contribution in [0.25, 0.3) is 0 Å². The number of carbonyl (C=O) groups is 2. The van der Waals surface area contributed by atoms with Crippen molar-refractivity contribution in [3.05, 3.63) is 29.8 Å². The monoisotopic (exact) mass is 266 g/mol. The minimum Gasteiger partial charge on any atom is -0.394 e. The number of nitrogens with one attached hydrogen (secondary N) is 2. The van der Waals surface area contributed by atoms with Gasteiger partial charge in [0, 0.05) is 12.8 Å². The number of aliphatic hydroxyl groups is 1. The zero-order valence-corrected chi connectivity index (χ0v) is 11.0. The molecule has 6 heteroatoms. The maximum atomic E-state index is 11.6. The summed E-state index contributed by atoms with van der Waals surface area (Å²) in [6, 6.07) is 6.48. The number of rotatable bonds is 5. The zero-order chi connectivity index (χ0) is 14.3. The first kappa shape index (κ1) is 15.1. The molecular formula is C13H18N2O4. The van der Waals surface area contributed by atoms with Gasteiger partial charge in [0.2, 0.25) is 0 Å². The first-order valence-corrected chi connectivity index (χ1v) is 5.85. The number of anilines is 1. The molecule has 0 saturated heterocycles. The van der Waals surface area contributed by atoms with Gasteiger partial charge in [0.1, 0.15) is 0 Å². The van der Waals surface area contributed by atoms with E-state index in [2.05, 4.69) is 10.6 Å². The maximum Gasteiger partial charge on any atom is 0.313 e. The molecule has 1 rings (SSSR count). The van der Waals surface area contributed by atoms with Crippen molar-refractivity contribution in [1.82, 2.24) is 5.32 Å². The Morgan fingerprint density at radius 3 is 2.42 bits per heavy atom. The van der Waals surface area contributed by atoms with E-state index in [-0.39, 0.29) is 13.2 Å². The van der Waals surface area contributed by atoms with Crippen LogP contribution >= 0.6 is 0 Å². The van der Waals surface area contributed by atoms with E-state index in [0.29, 0.717) is 5.69 Å². The van der Waals surface area contributed by atoms with E-state index >= 15 is 0 Å². The van der Waals surface area contributed by atoms with Gasteiger partial charge in [-0.1, -0.05) is 17.7 Å². The van der Waals surface area contributed by atoms with Gasteiger partial charge in [-0.25, -0.2) is 0 Å². The third kappa shape index (κ3) is 5.07. The SMILES string of the molecule is COCC(CO)NC(=O)C(=O)Nc1ccc(C)cc1. The van der Waals surface area contributed by atoms with Gasteiger partial charge in [0.25, 0.3) is 0 Å². The standard InChI is InChI=1S/C13H18N2O4/c1-9-3-5-10(6-4-9)14-12(17)13(18)15-11(7-16)8-19-2/h3-6,11,16H,7-8H2,1-2H3,(H,14,17)(H,15,18). The Labute approximate surface area is 111 Å². The molecule has 6 nitrogen and oxygen atoms in total. The van der Waals surface area contributed by atoms with Crippen LogP contribution < -0.4 is 10.6 Å². The van der Waals surface area contributed by atoms with Gasteiger partial charge in [-0.15, -0.1) is 0 Å². The first-order valence-electron chi connectivity index (χ1n) is 5.85. The maximum absolute atomic E-state index is 11.6. The summed E-state index contributed by atoms with van der Waals surface area (Å²) in [6.45, 7) is 1.77. The fraction of sp³-hybridized carbons (Fsp3) is 0.385. The number of hydrogen-bond acceptors (Lipinski definition) is 4. The van der Waals surface area contributed by atoms with Crippen molar-refractivity contribution >= 4 is 17.5 Å². The predicted molar refractivity (Wildman–Crippen MR) is 70.7 cm³/mol. The molecule has 0 heterocycles. The minimum atomic E-state index is -0.809. The Hall–Kier alpha value is -1.92. The Morgan fingerprint density at radius 1 is 1.26 bits per heavy atom. The Kier molecular flexibility index (Phi) is 5.98. The van der Waals surface area contributed by atoms with Crippen LogP contribution in [-0.4, -0.2) is 43.3 Å². The van der Waals surface area contributed by atoms with Crippen molar-refractivity contribution in [3.8, 4) is 0 Å². The average molecular weight is 266 g/mol. The van der Waals surface area contributed by atoms with Gasteiger partial charge in [-0.05, 0) is 19.1 Å². The normalized spacial score (nSPS) is 11.7. The quantitative estimate of drug-likeness (QED) is 0.657. The molecule has 0 radical (unpaired) electrons. The highest BCUT2D eigenvalue weighted by atomic mass is 16.5. The van der Waals surface area contributed by atoms with Gasteiger partial charge in [-0.2, -0.15) is 0 Å². The smallest absolute Gasteiger partial charge is 0.313 e. The van der Waals surface area contributed by atoms with Crippen LogP contribution in [0.5, 0.6) is 0 Å². The Morgan fingerprint density at radius 2 is 1.89 bits per heavy atom. The van der Waals surface area contributed by atoms with Crippen LogP contribution in [0.1, 0.15) is 5.56 Å². The second kappa shape index (κ2) is 7.50. The van der Waals surface area contributed by atoms with Gasteiger partial charge in [0.05, 0.1) is 19.3 Å². The fourth-order valence-corrected chi connectivity index (χ4v) is 1.42. The number of aliphatic hydroxyl groups excluding tert-OH is 1. The van der Waals surface area contributed by atoms with Crippen molar-refractivity contribution in [2.24, 2.45) is 0 Å². The van der Waals surface area contributed by atoms with E-state index in [9.17, 15) is 9.59 Å². The molecule has 0 saturated carbocycles. The van der Waals surface area contributed by atoms with Crippen molar-refractivity contribution in [3.63, 3.8) is 0 Å². The zero-order valence-electron chi connectivity index (χ0n) is 11.0. The van der Waals surface area contributed by atoms with Crippen LogP contribution in [-0.2, 0) is 14.3 Å². The first-order chi connectivity index (χ1) is 9.06. The Balaban J connectivity index is 2.52. The lowest BCUT2D eigenvalue weighted by Crippen LogP contribution is -2.45. The molecule has 2 amide bonds. The molecule has 1 aromatic carbocycles. The molecule has 1 aromatic rings. The molecule has 0 aliphatic rings. The fourth-order valence-electron chi connectivity index (χ4n) is 1.42. The summed E-state index contributed by atoms with van der Waals surface area (Å²) >= 11 is 0. The van der Waals surface area contributed by atoms with Crippen molar-refractivity contribution < 1.29 is 19.4 Å². The van der Waals surface area contributed by atoms with Gasteiger partial charge in [0.15, 0.2) is 0 Å². The molecule has 0 spiro atoms. The summed E-state index contributed by atoms with van der Waals surface area (Å²) in [6.07, 6.45) is 0. The number of aryl methyl sites for hydroxylation is 1.